The second kappa shape index (κ2) is 5.26. The zero-order chi connectivity index (χ0) is 18.1. The third-order valence-corrected chi connectivity index (χ3v) is 6.73. The third-order valence-electron chi connectivity index (χ3n) is 6.55. The van der Waals surface area contributed by atoms with Gasteiger partial charge in [-0.15, -0.1) is 0 Å². The van der Waals surface area contributed by atoms with Gasteiger partial charge in [0.05, 0.1) is 16.8 Å². The molecule has 5 rings (SSSR count). The van der Waals surface area contributed by atoms with Crippen LogP contribution in [0.4, 0.5) is 0 Å². The number of aromatic nitrogens is 1. The van der Waals surface area contributed by atoms with Gasteiger partial charge in [-0.3, -0.25) is 9.98 Å². The van der Waals surface area contributed by atoms with Gasteiger partial charge in [0.15, 0.2) is 5.60 Å². The van der Waals surface area contributed by atoms with Gasteiger partial charge in [-0.2, -0.15) is 0 Å². The van der Waals surface area contributed by atoms with Crippen molar-refractivity contribution in [1.82, 2.24) is 4.98 Å². The highest BCUT2D eigenvalue weighted by Crippen LogP contribution is 2.53. The van der Waals surface area contributed by atoms with E-state index in [4.69, 9.17) is 26.7 Å². The maximum absolute atomic E-state index is 6.08. The molecule has 0 radical (unpaired) electrons. The lowest BCUT2D eigenvalue weighted by atomic mass is 9.60. The van der Waals surface area contributed by atoms with Gasteiger partial charge in [0.25, 0.3) is 0 Å². The van der Waals surface area contributed by atoms with Gasteiger partial charge < -0.3 is 9.47 Å². The quantitative estimate of drug-likeness (QED) is 0.706. The molecule has 0 amide bonds. The Morgan fingerprint density at radius 3 is 2.77 bits per heavy atom. The molecule has 4 nitrogen and oxygen atoms in total. The molecule has 1 aliphatic carbocycles. The zero-order valence-electron chi connectivity index (χ0n) is 15.2. The van der Waals surface area contributed by atoms with E-state index in [9.17, 15) is 0 Å². The number of benzene rings is 1. The van der Waals surface area contributed by atoms with Gasteiger partial charge in [0.2, 0.25) is 0 Å². The lowest BCUT2D eigenvalue weighted by Gasteiger charge is -2.50. The lowest BCUT2D eigenvalue weighted by molar-refractivity contribution is -0.0441. The molecule has 2 fully saturated rings. The summed E-state index contributed by atoms with van der Waals surface area (Å²) in [6.45, 7) is 6.59. The van der Waals surface area contributed by atoms with E-state index < -0.39 is 5.60 Å². The van der Waals surface area contributed by atoms with Crippen molar-refractivity contribution in [3.05, 3.63) is 42.1 Å². The summed E-state index contributed by atoms with van der Waals surface area (Å²) in [6, 6.07) is 10.3. The average molecular weight is 366 g/mol. The van der Waals surface area contributed by atoms with Crippen LogP contribution >= 0.6 is 12.2 Å². The van der Waals surface area contributed by atoms with E-state index >= 15 is 0 Å². The lowest BCUT2D eigenvalue weighted by Crippen LogP contribution is -2.58. The smallest absolute Gasteiger partial charge is 0.353 e. The fraction of sp³-hybridized carbons (Fsp3) is 0.476. The molecule has 2 bridgehead atoms. The van der Waals surface area contributed by atoms with E-state index in [0.717, 1.165) is 35.0 Å². The van der Waals surface area contributed by atoms with Crippen LogP contribution in [0, 0.1) is 11.8 Å². The van der Waals surface area contributed by atoms with Crippen LogP contribution in [0.3, 0.4) is 0 Å². The summed E-state index contributed by atoms with van der Waals surface area (Å²) < 4.78 is 12.0. The molecule has 134 valence electrons. The number of para-hydroxylation sites is 1. The number of fused-ring (bicyclic) bond motifs is 5. The maximum Gasteiger partial charge on any atom is 0.353 e. The van der Waals surface area contributed by atoms with Gasteiger partial charge in [-0.05, 0) is 51.7 Å². The molecule has 1 saturated carbocycles. The van der Waals surface area contributed by atoms with Crippen molar-refractivity contribution in [2.75, 3.05) is 0 Å². The van der Waals surface area contributed by atoms with Crippen molar-refractivity contribution in [2.45, 2.75) is 50.9 Å². The number of rotatable bonds is 1. The molecule has 1 aromatic heterocycles. The first-order valence-corrected chi connectivity index (χ1v) is 9.63. The van der Waals surface area contributed by atoms with Crippen molar-refractivity contribution >= 4 is 34.1 Å². The van der Waals surface area contributed by atoms with E-state index in [-0.39, 0.29) is 22.8 Å². The van der Waals surface area contributed by atoms with Crippen molar-refractivity contribution in [3.63, 3.8) is 0 Å². The minimum atomic E-state index is -0.451. The Balaban J connectivity index is 1.73. The molecule has 4 atom stereocenters. The highest BCUT2D eigenvalue weighted by Gasteiger charge is 2.61. The number of pyridine rings is 1. The van der Waals surface area contributed by atoms with Crippen LogP contribution in [0.25, 0.3) is 10.9 Å². The van der Waals surface area contributed by atoms with Crippen LogP contribution in [0.15, 0.2) is 41.5 Å². The minimum absolute atomic E-state index is 0.00312. The third kappa shape index (κ3) is 2.16. The highest BCUT2D eigenvalue weighted by molar-refractivity contribution is 7.79. The molecule has 3 aliphatic rings. The Labute approximate surface area is 158 Å². The average Bonchev–Trinajstić information content (AvgIpc) is 2.91. The van der Waals surface area contributed by atoms with Crippen molar-refractivity contribution < 1.29 is 9.47 Å². The SMILES string of the molecule is CC1(C)N=C(c2ccnc3ccccc23)C2CC1C[C@@H]1OC(=S)O[C@]21C. The van der Waals surface area contributed by atoms with E-state index in [0.29, 0.717) is 5.92 Å². The largest absolute Gasteiger partial charge is 0.449 e. The summed E-state index contributed by atoms with van der Waals surface area (Å²) in [5.41, 5.74) is 2.66. The number of ether oxygens (including phenoxy) is 2. The van der Waals surface area contributed by atoms with Crippen LogP contribution in [0.1, 0.15) is 39.2 Å². The van der Waals surface area contributed by atoms with Gasteiger partial charge in [-0.25, -0.2) is 0 Å². The Morgan fingerprint density at radius 2 is 1.92 bits per heavy atom. The first-order chi connectivity index (χ1) is 12.4. The summed E-state index contributed by atoms with van der Waals surface area (Å²) in [4.78, 5) is 9.78. The second-order valence-corrected chi connectivity index (χ2v) is 8.72. The topological polar surface area (TPSA) is 43.7 Å². The van der Waals surface area contributed by atoms with E-state index in [1.807, 2.05) is 18.3 Å². The molecule has 1 aromatic carbocycles. The molecule has 2 aromatic rings. The molecule has 0 spiro atoms. The van der Waals surface area contributed by atoms with Gasteiger partial charge in [-0.1, -0.05) is 18.2 Å². The van der Waals surface area contributed by atoms with Crippen LogP contribution < -0.4 is 0 Å². The minimum Gasteiger partial charge on any atom is -0.449 e. The number of aliphatic imine (C=N–C) groups is 1. The Morgan fingerprint density at radius 1 is 1.12 bits per heavy atom. The zero-order valence-corrected chi connectivity index (χ0v) is 16.0. The second-order valence-electron chi connectivity index (χ2n) is 8.39. The van der Waals surface area contributed by atoms with Crippen molar-refractivity contribution in [1.29, 1.82) is 0 Å². The monoisotopic (exact) mass is 366 g/mol. The van der Waals surface area contributed by atoms with Crippen LogP contribution in [-0.2, 0) is 9.47 Å². The van der Waals surface area contributed by atoms with Gasteiger partial charge >= 0.3 is 5.24 Å². The molecule has 1 saturated heterocycles. The van der Waals surface area contributed by atoms with Crippen molar-refractivity contribution in [2.24, 2.45) is 16.8 Å². The normalized spacial score (nSPS) is 34.7. The number of nitrogens with zero attached hydrogens (tertiary/aromatic N) is 2. The summed E-state index contributed by atoms with van der Waals surface area (Å²) in [6.07, 6.45) is 3.85. The molecule has 0 N–H and O–H groups in total. The van der Waals surface area contributed by atoms with E-state index in [1.165, 1.54) is 0 Å². The number of hydrogen-bond acceptors (Lipinski definition) is 5. The Hall–Kier alpha value is -2.01. The van der Waals surface area contributed by atoms with Gasteiger partial charge in [0, 0.05) is 35.3 Å². The fourth-order valence-corrected chi connectivity index (χ4v) is 5.26. The Kier molecular flexibility index (Phi) is 3.27. The predicted octanol–water partition coefficient (Wildman–Crippen LogP) is 4.30. The molecule has 2 unspecified atom stereocenters. The molecule has 3 heterocycles. The molecule has 5 heteroatoms. The molecular formula is C21H22N2O2S. The molecule has 26 heavy (non-hydrogen) atoms. The number of hydrogen-bond donors (Lipinski definition) is 0. The predicted molar refractivity (Wildman–Crippen MR) is 106 cm³/mol. The summed E-state index contributed by atoms with van der Waals surface area (Å²) in [5, 5.41) is 1.41. The summed E-state index contributed by atoms with van der Waals surface area (Å²) >= 11 is 5.26. The van der Waals surface area contributed by atoms with E-state index in [1.54, 1.807) is 0 Å². The summed E-state index contributed by atoms with van der Waals surface area (Å²) in [7, 11) is 0. The fourth-order valence-electron chi connectivity index (χ4n) is 4.96. The standard InChI is InChI=1S/C21H22N2O2S/c1-20(2)12-10-15(21(3)17(11-12)24-19(26)25-21)18(23-20)14-8-9-22-16-7-5-4-6-13(14)16/h4-9,12,15,17H,10-11H2,1-3H3/t12?,15?,17-,21+/m0/s1. The van der Waals surface area contributed by atoms with E-state index in [2.05, 4.69) is 44.0 Å². The maximum atomic E-state index is 6.08. The highest BCUT2D eigenvalue weighted by atomic mass is 32.1. The van der Waals surface area contributed by atoms with Gasteiger partial charge in [0.1, 0.15) is 6.10 Å². The van der Waals surface area contributed by atoms with Crippen LogP contribution in [0.2, 0.25) is 0 Å². The molecular weight excluding hydrogens is 344 g/mol. The first kappa shape index (κ1) is 16.2. The van der Waals surface area contributed by atoms with Crippen LogP contribution in [-0.4, -0.2) is 33.2 Å². The Bertz CT molecular complexity index is 949. The first-order valence-electron chi connectivity index (χ1n) is 9.22. The number of thiocarbonyl (C=S) groups is 1. The molecule has 2 aliphatic heterocycles. The summed E-state index contributed by atoms with van der Waals surface area (Å²) in [5.74, 6) is 0.623. The van der Waals surface area contributed by atoms with Crippen molar-refractivity contribution in [3.8, 4) is 0 Å². The van der Waals surface area contributed by atoms with Crippen LogP contribution in [0.5, 0.6) is 0 Å².